The summed E-state index contributed by atoms with van der Waals surface area (Å²) in [5, 5.41) is 33.5. The molecule has 5 rings (SSSR count). The Kier molecular flexibility index (Phi) is 5.10. The van der Waals surface area contributed by atoms with Crippen LogP contribution in [0.1, 0.15) is 28.3 Å². The fraction of sp³-hybridized carbons (Fsp3) is 0.259. The molecule has 1 aliphatic carbocycles. The molecule has 2 aromatic carbocycles. The Morgan fingerprint density at radius 3 is 2.49 bits per heavy atom. The number of hydrogen-bond acceptors (Lipinski definition) is 6. The molecule has 8 nitrogen and oxygen atoms in total. The first kappa shape index (κ1) is 22.5. The maximum Gasteiger partial charge on any atom is 0.228 e. The Balaban J connectivity index is 1.86. The third-order valence-electron chi connectivity index (χ3n) is 7.06. The number of aliphatic hydroxyl groups excluding tert-OH is 1. The molecule has 2 N–H and O–H groups in total. The van der Waals surface area contributed by atoms with Crippen LogP contribution in [0.4, 0.5) is 5.69 Å². The van der Waals surface area contributed by atoms with E-state index in [1.54, 1.807) is 38.4 Å². The van der Waals surface area contributed by atoms with Crippen molar-refractivity contribution in [3.05, 3.63) is 101 Å². The van der Waals surface area contributed by atoms with Gasteiger partial charge in [0.25, 0.3) is 0 Å². The Hall–Kier alpha value is -4.24. The summed E-state index contributed by atoms with van der Waals surface area (Å²) in [5.41, 5.74) is -1.92. The Morgan fingerprint density at radius 2 is 1.89 bits per heavy atom. The van der Waals surface area contributed by atoms with E-state index in [0.29, 0.717) is 16.7 Å². The average molecular weight is 466 g/mol. The average Bonchev–Trinajstić information content (AvgIpc) is 3.26. The molecule has 1 aromatic heterocycles. The van der Waals surface area contributed by atoms with Gasteiger partial charge in [-0.05, 0) is 29.3 Å². The third-order valence-corrected chi connectivity index (χ3v) is 7.06. The highest BCUT2D eigenvalue weighted by atomic mass is 16.5. The number of carbonyl (C=O) groups excluding carboxylic acids is 1. The molecule has 0 bridgehead atoms. The van der Waals surface area contributed by atoms with Crippen molar-refractivity contribution in [3.63, 3.8) is 0 Å². The number of fused-ring (bicyclic) bond motifs is 3. The van der Waals surface area contributed by atoms with Gasteiger partial charge in [-0.2, -0.15) is 5.26 Å². The molecule has 174 valence electrons. The van der Waals surface area contributed by atoms with E-state index in [1.165, 1.54) is 17.2 Å². The van der Waals surface area contributed by atoms with Crippen molar-refractivity contribution in [2.45, 2.75) is 23.2 Å². The number of rotatable bonds is 3. The van der Waals surface area contributed by atoms with E-state index in [0.717, 1.165) is 0 Å². The van der Waals surface area contributed by atoms with Gasteiger partial charge in [0.2, 0.25) is 11.6 Å². The summed E-state index contributed by atoms with van der Waals surface area (Å²) in [5.74, 6) is -2.09. The monoisotopic (exact) mass is 466 g/mol. The van der Waals surface area contributed by atoms with E-state index in [-0.39, 0.29) is 23.0 Å². The Morgan fingerprint density at radius 1 is 1.20 bits per heavy atom. The number of pyridine rings is 1. The highest BCUT2D eigenvalue weighted by Crippen LogP contribution is 2.68. The molecule has 0 radical (unpaired) electrons. The number of ether oxygens (including phenoxy) is 1. The van der Waals surface area contributed by atoms with Crippen LogP contribution in [-0.4, -0.2) is 46.2 Å². The second-order valence-corrected chi connectivity index (χ2v) is 9.04. The van der Waals surface area contributed by atoms with Crippen molar-refractivity contribution >= 4 is 11.6 Å². The van der Waals surface area contributed by atoms with Crippen LogP contribution in [0.5, 0.6) is 5.75 Å². The van der Waals surface area contributed by atoms with Crippen LogP contribution in [0, 0.1) is 23.8 Å². The largest absolute Gasteiger partial charge is 0.478 e. The molecule has 0 saturated heterocycles. The first-order valence-corrected chi connectivity index (χ1v) is 11.0. The van der Waals surface area contributed by atoms with Crippen LogP contribution >= 0.6 is 0 Å². The fourth-order valence-corrected chi connectivity index (χ4v) is 5.57. The zero-order valence-electron chi connectivity index (χ0n) is 19.1. The molecule has 5 atom stereocenters. The van der Waals surface area contributed by atoms with Crippen LogP contribution in [0.3, 0.4) is 0 Å². The van der Waals surface area contributed by atoms with Crippen molar-refractivity contribution in [2.75, 3.05) is 14.1 Å². The van der Waals surface area contributed by atoms with Crippen molar-refractivity contribution in [1.29, 1.82) is 5.26 Å². The number of aromatic nitrogens is 1. The van der Waals surface area contributed by atoms with E-state index in [9.17, 15) is 20.3 Å². The molecule has 1 saturated carbocycles. The molecule has 2 aliphatic rings. The molecular weight excluding hydrogens is 444 g/mol. The SMILES string of the molecule is [C-]#[N+]c1cnc2c(c1)O[C@@]1(c3ccc(C#N)cc3)[C@H](c3ccccc3)[C@@H](C(=O)N(C)C)[C@@H](O)[C@@]21O. The minimum atomic E-state index is -2.12. The van der Waals surface area contributed by atoms with E-state index in [1.807, 2.05) is 30.3 Å². The molecule has 2 heterocycles. The molecule has 1 aliphatic heterocycles. The molecule has 35 heavy (non-hydrogen) atoms. The Bertz CT molecular complexity index is 1390. The summed E-state index contributed by atoms with van der Waals surface area (Å²) in [6, 6.07) is 19.2. The fourth-order valence-electron chi connectivity index (χ4n) is 5.57. The zero-order valence-corrected chi connectivity index (χ0v) is 19.1. The van der Waals surface area contributed by atoms with E-state index < -0.39 is 29.1 Å². The smallest absolute Gasteiger partial charge is 0.228 e. The normalized spacial score (nSPS) is 28.2. The van der Waals surface area contributed by atoms with Gasteiger partial charge in [0, 0.05) is 26.2 Å². The summed E-state index contributed by atoms with van der Waals surface area (Å²) < 4.78 is 6.55. The standard InChI is InChI=1S/C27H22N4O4/c1-29-19-13-20-23(30-15-19)26(34)24(32)21(25(33)31(2)3)22(17-7-5-4-6-8-17)27(26,35-20)18-11-9-16(14-28)10-12-18/h4-13,15,21-22,24,32,34H,2-3H3/t21-,22-,24-,26+,27+/m1/s1. The van der Waals surface area contributed by atoms with Gasteiger partial charge in [-0.25, -0.2) is 4.85 Å². The lowest BCUT2D eigenvalue weighted by Crippen LogP contribution is -2.52. The lowest BCUT2D eigenvalue weighted by Gasteiger charge is -2.40. The van der Waals surface area contributed by atoms with Gasteiger partial charge in [0.1, 0.15) is 17.5 Å². The summed E-state index contributed by atoms with van der Waals surface area (Å²) in [6.07, 6.45) is -0.265. The molecule has 8 heteroatoms. The lowest BCUT2D eigenvalue weighted by molar-refractivity contribution is -0.157. The third kappa shape index (κ3) is 2.91. The number of nitriles is 1. The molecule has 0 spiro atoms. The number of amides is 1. The maximum absolute atomic E-state index is 13.5. The van der Waals surface area contributed by atoms with Crippen molar-refractivity contribution in [3.8, 4) is 11.8 Å². The van der Waals surface area contributed by atoms with Crippen molar-refractivity contribution in [1.82, 2.24) is 9.88 Å². The van der Waals surface area contributed by atoms with Crippen LogP contribution in [0.2, 0.25) is 0 Å². The van der Waals surface area contributed by atoms with Crippen molar-refractivity contribution in [2.24, 2.45) is 5.92 Å². The minimum absolute atomic E-state index is 0.0664. The number of nitrogens with zero attached hydrogens (tertiary/aromatic N) is 4. The van der Waals surface area contributed by atoms with Gasteiger partial charge in [-0.3, -0.25) is 9.78 Å². The zero-order chi connectivity index (χ0) is 25.0. The van der Waals surface area contributed by atoms with Crippen LogP contribution in [-0.2, 0) is 16.0 Å². The number of benzene rings is 2. The van der Waals surface area contributed by atoms with Crippen LogP contribution in [0.25, 0.3) is 4.85 Å². The summed E-state index contributed by atoms with van der Waals surface area (Å²) in [7, 11) is 3.19. The van der Waals surface area contributed by atoms with Crippen molar-refractivity contribution < 1.29 is 19.7 Å². The quantitative estimate of drug-likeness (QED) is 0.575. The van der Waals surface area contributed by atoms with E-state index in [4.69, 9.17) is 11.3 Å². The predicted octanol–water partition coefficient (Wildman–Crippen LogP) is 2.84. The molecular formula is C27H22N4O4. The highest BCUT2D eigenvalue weighted by molar-refractivity contribution is 5.82. The minimum Gasteiger partial charge on any atom is -0.478 e. The topological polar surface area (TPSA) is 111 Å². The van der Waals surface area contributed by atoms with Gasteiger partial charge in [-0.15, -0.1) is 0 Å². The summed E-state index contributed by atoms with van der Waals surface area (Å²) >= 11 is 0. The highest BCUT2D eigenvalue weighted by Gasteiger charge is 2.78. The number of aliphatic hydroxyl groups is 2. The first-order chi connectivity index (χ1) is 16.8. The second kappa shape index (κ2) is 7.92. The van der Waals surface area contributed by atoms with Gasteiger partial charge in [-0.1, -0.05) is 42.5 Å². The second-order valence-electron chi connectivity index (χ2n) is 9.04. The van der Waals surface area contributed by atoms with Gasteiger partial charge in [0.15, 0.2) is 11.2 Å². The lowest BCUT2D eigenvalue weighted by atomic mass is 9.71. The molecule has 1 fully saturated rings. The molecule has 0 unspecified atom stereocenters. The summed E-state index contributed by atoms with van der Waals surface area (Å²) in [4.78, 5) is 22.6. The van der Waals surface area contributed by atoms with Gasteiger partial charge >= 0.3 is 0 Å². The molecule has 3 aromatic rings. The number of hydrogen-bond donors (Lipinski definition) is 2. The Labute approximate surface area is 202 Å². The summed E-state index contributed by atoms with van der Waals surface area (Å²) in [6.45, 7) is 7.36. The molecule has 1 amide bonds. The first-order valence-electron chi connectivity index (χ1n) is 11.0. The predicted molar refractivity (Wildman–Crippen MR) is 125 cm³/mol. The maximum atomic E-state index is 13.5. The van der Waals surface area contributed by atoms with Gasteiger partial charge in [0.05, 0.1) is 24.1 Å². The van der Waals surface area contributed by atoms with E-state index >= 15 is 0 Å². The van der Waals surface area contributed by atoms with Gasteiger partial charge < -0.3 is 19.8 Å². The van der Waals surface area contributed by atoms with Crippen LogP contribution < -0.4 is 4.74 Å². The van der Waals surface area contributed by atoms with E-state index in [2.05, 4.69) is 15.9 Å². The van der Waals surface area contributed by atoms with Crippen LogP contribution in [0.15, 0.2) is 66.9 Å². The number of carbonyl (C=O) groups is 1.